The quantitative estimate of drug-likeness (QED) is 0.804. The van der Waals surface area contributed by atoms with E-state index in [-0.39, 0.29) is 6.03 Å². The van der Waals surface area contributed by atoms with Crippen molar-refractivity contribution in [3.8, 4) is 5.75 Å². The average Bonchev–Trinajstić information content (AvgIpc) is 2.43. The number of benzene rings is 1. The Morgan fingerprint density at radius 3 is 2.70 bits per heavy atom. The van der Waals surface area contributed by atoms with E-state index in [9.17, 15) is 9.59 Å². The zero-order valence-corrected chi connectivity index (χ0v) is 11.8. The number of nitrogens with zero attached hydrogens (tertiary/aromatic N) is 1. The maximum Gasteiger partial charge on any atom is 0.341 e. The van der Waals surface area contributed by atoms with Crippen molar-refractivity contribution in [1.29, 1.82) is 0 Å². The number of ether oxygens (including phenoxy) is 1. The number of hydrogen-bond acceptors (Lipinski definition) is 3. The highest BCUT2D eigenvalue weighted by atomic mass is 16.5. The summed E-state index contributed by atoms with van der Waals surface area (Å²) in [4.78, 5) is 24.0. The van der Waals surface area contributed by atoms with Gasteiger partial charge in [0.1, 0.15) is 5.75 Å². The van der Waals surface area contributed by atoms with Gasteiger partial charge in [-0.15, -0.1) is 0 Å². The lowest BCUT2D eigenvalue weighted by Crippen LogP contribution is -2.32. The molecule has 0 atom stereocenters. The van der Waals surface area contributed by atoms with Crippen molar-refractivity contribution in [2.45, 2.75) is 19.8 Å². The van der Waals surface area contributed by atoms with E-state index >= 15 is 0 Å². The molecule has 0 unspecified atom stereocenters. The highest BCUT2D eigenvalue weighted by molar-refractivity contribution is 5.90. The van der Waals surface area contributed by atoms with Crippen LogP contribution in [0.3, 0.4) is 0 Å². The number of hydrogen-bond donors (Lipinski definition) is 2. The molecule has 0 fully saturated rings. The molecule has 2 N–H and O–H groups in total. The first-order chi connectivity index (χ1) is 9.54. The Labute approximate surface area is 118 Å². The van der Waals surface area contributed by atoms with E-state index in [1.54, 1.807) is 36.2 Å². The van der Waals surface area contributed by atoms with Gasteiger partial charge in [0.25, 0.3) is 0 Å². The lowest BCUT2D eigenvalue weighted by molar-refractivity contribution is -0.139. The van der Waals surface area contributed by atoms with Crippen LogP contribution in [-0.4, -0.2) is 42.2 Å². The van der Waals surface area contributed by atoms with E-state index in [1.165, 1.54) is 0 Å². The first-order valence-corrected chi connectivity index (χ1v) is 6.50. The summed E-state index contributed by atoms with van der Waals surface area (Å²) in [7, 11) is 1.71. The van der Waals surface area contributed by atoms with E-state index in [0.29, 0.717) is 18.0 Å². The fraction of sp³-hybridized carbons (Fsp3) is 0.429. The van der Waals surface area contributed by atoms with Gasteiger partial charge in [-0.3, -0.25) is 0 Å². The van der Waals surface area contributed by atoms with Gasteiger partial charge in [-0.1, -0.05) is 25.5 Å². The lowest BCUT2D eigenvalue weighted by atomic mass is 10.3. The molecule has 0 aliphatic heterocycles. The number of nitrogens with one attached hydrogen (secondary N) is 1. The standard InChI is InChI=1S/C14H20N2O4/c1-3-4-9-16(2)14(19)15-11-7-5-6-8-12(11)20-10-13(17)18/h5-8H,3-4,9-10H2,1-2H3,(H,15,19)(H,17,18). The summed E-state index contributed by atoms with van der Waals surface area (Å²) in [5.41, 5.74) is 0.460. The number of unbranched alkanes of at least 4 members (excludes halogenated alkanes) is 1. The third-order valence-electron chi connectivity index (χ3n) is 2.67. The van der Waals surface area contributed by atoms with E-state index in [2.05, 4.69) is 12.2 Å². The molecule has 0 bridgehead atoms. The molecule has 0 aromatic heterocycles. The van der Waals surface area contributed by atoms with Crippen LogP contribution >= 0.6 is 0 Å². The molecule has 0 aliphatic rings. The maximum absolute atomic E-state index is 12.0. The Hall–Kier alpha value is -2.24. The highest BCUT2D eigenvalue weighted by Crippen LogP contribution is 2.23. The van der Waals surface area contributed by atoms with Crippen molar-refractivity contribution in [3.63, 3.8) is 0 Å². The minimum absolute atomic E-state index is 0.246. The van der Waals surface area contributed by atoms with Gasteiger partial charge in [-0.05, 0) is 18.6 Å². The summed E-state index contributed by atoms with van der Waals surface area (Å²) < 4.78 is 5.13. The summed E-state index contributed by atoms with van der Waals surface area (Å²) >= 11 is 0. The van der Waals surface area contributed by atoms with Gasteiger partial charge in [0.2, 0.25) is 0 Å². The normalized spacial score (nSPS) is 9.90. The third-order valence-corrected chi connectivity index (χ3v) is 2.67. The minimum atomic E-state index is -1.06. The van der Waals surface area contributed by atoms with Crippen LogP contribution in [0.5, 0.6) is 5.75 Å². The molecule has 0 radical (unpaired) electrons. The second-order valence-corrected chi connectivity index (χ2v) is 4.38. The number of anilines is 1. The van der Waals surface area contributed by atoms with Crippen LogP contribution in [0.25, 0.3) is 0 Å². The van der Waals surface area contributed by atoms with Crippen molar-refractivity contribution < 1.29 is 19.4 Å². The van der Waals surface area contributed by atoms with Gasteiger partial charge in [-0.2, -0.15) is 0 Å². The predicted octanol–water partition coefficient (Wildman–Crippen LogP) is 2.41. The molecule has 0 aliphatic carbocycles. The van der Waals surface area contributed by atoms with Gasteiger partial charge >= 0.3 is 12.0 Å². The van der Waals surface area contributed by atoms with Crippen LogP contribution in [0.1, 0.15) is 19.8 Å². The zero-order chi connectivity index (χ0) is 15.0. The molecule has 0 saturated carbocycles. The fourth-order valence-electron chi connectivity index (χ4n) is 1.54. The Balaban J connectivity index is 2.66. The molecule has 1 aromatic rings. The predicted molar refractivity (Wildman–Crippen MR) is 76.1 cm³/mol. The molecule has 1 rings (SSSR count). The van der Waals surface area contributed by atoms with E-state index in [1.807, 2.05) is 0 Å². The number of carbonyl (C=O) groups is 2. The van der Waals surface area contributed by atoms with Crippen molar-refractivity contribution in [3.05, 3.63) is 24.3 Å². The highest BCUT2D eigenvalue weighted by Gasteiger charge is 2.11. The average molecular weight is 280 g/mol. The summed E-state index contributed by atoms with van der Waals surface area (Å²) in [6.07, 6.45) is 1.94. The number of carboxylic acid groups (broad SMARTS) is 1. The van der Waals surface area contributed by atoms with Crippen LogP contribution in [0.4, 0.5) is 10.5 Å². The summed E-state index contributed by atoms with van der Waals surface area (Å²) in [6.45, 7) is 2.28. The van der Waals surface area contributed by atoms with Crippen LogP contribution in [0.15, 0.2) is 24.3 Å². The summed E-state index contributed by atoms with van der Waals surface area (Å²) in [5, 5.41) is 11.3. The van der Waals surface area contributed by atoms with Gasteiger partial charge in [0.05, 0.1) is 5.69 Å². The molecule has 0 heterocycles. The molecule has 6 heteroatoms. The Morgan fingerprint density at radius 2 is 2.05 bits per heavy atom. The topological polar surface area (TPSA) is 78.9 Å². The number of carboxylic acids is 1. The lowest BCUT2D eigenvalue weighted by Gasteiger charge is -2.18. The molecule has 2 amide bonds. The van der Waals surface area contributed by atoms with Crippen LogP contribution in [0.2, 0.25) is 0 Å². The molecule has 110 valence electrons. The van der Waals surface area contributed by atoms with E-state index in [0.717, 1.165) is 12.8 Å². The van der Waals surface area contributed by atoms with Crippen molar-refractivity contribution in [2.24, 2.45) is 0 Å². The van der Waals surface area contributed by atoms with E-state index in [4.69, 9.17) is 9.84 Å². The summed E-state index contributed by atoms with van der Waals surface area (Å²) in [6, 6.07) is 6.50. The largest absolute Gasteiger partial charge is 0.480 e. The Morgan fingerprint density at radius 1 is 1.35 bits per heavy atom. The second kappa shape index (κ2) is 8.04. The SMILES string of the molecule is CCCCN(C)C(=O)Nc1ccccc1OCC(=O)O. The van der Waals surface area contributed by atoms with Crippen LogP contribution < -0.4 is 10.1 Å². The van der Waals surface area contributed by atoms with Crippen molar-refractivity contribution in [2.75, 3.05) is 25.5 Å². The molecule has 0 spiro atoms. The number of urea groups is 1. The van der Waals surface area contributed by atoms with Gasteiger partial charge < -0.3 is 20.1 Å². The Bertz CT molecular complexity index is 462. The van der Waals surface area contributed by atoms with Gasteiger partial charge in [0, 0.05) is 13.6 Å². The van der Waals surface area contributed by atoms with E-state index < -0.39 is 12.6 Å². The van der Waals surface area contributed by atoms with Gasteiger partial charge in [0.15, 0.2) is 6.61 Å². The third kappa shape index (κ3) is 5.17. The number of amides is 2. The number of carbonyl (C=O) groups excluding carboxylic acids is 1. The monoisotopic (exact) mass is 280 g/mol. The Kier molecular flexibility index (Phi) is 6.36. The molecular weight excluding hydrogens is 260 g/mol. The molecule has 1 aromatic carbocycles. The number of aliphatic carboxylic acids is 1. The van der Waals surface area contributed by atoms with Crippen LogP contribution in [0, 0.1) is 0 Å². The zero-order valence-electron chi connectivity index (χ0n) is 11.8. The number of para-hydroxylation sites is 2. The molecular formula is C14H20N2O4. The first-order valence-electron chi connectivity index (χ1n) is 6.50. The minimum Gasteiger partial charge on any atom is -0.480 e. The van der Waals surface area contributed by atoms with Crippen molar-refractivity contribution in [1.82, 2.24) is 4.90 Å². The first kappa shape index (κ1) is 15.8. The van der Waals surface area contributed by atoms with Crippen LogP contribution in [-0.2, 0) is 4.79 Å². The smallest absolute Gasteiger partial charge is 0.341 e. The number of rotatable bonds is 7. The summed E-state index contributed by atoms with van der Waals surface area (Å²) in [5.74, 6) is -0.724. The molecule has 6 nitrogen and oxygen atoms in total. The van der Waals surface area contributed by atoms with Crippen molar-refractivity contribution >= 4 is 17.7 Å². The molecule has 0 saturated heterocycles. The second-order valence-electron chi connectivity index (χ2n) is 4.38. The van der Waals surface area contributed by atoms with Gasteiger partial charge in [-0.25, -0.2) is 9.59 Å². The maximum atomic E-state index is 12.0. The molecule has 20 heavy (non-hydrogen) atoms. The fourth-order valence-corrected chi connectivity index (χ4v) is 1.54.